The second-order valence-corrected chi connectivity index (χ2v) is 6.13. The van der Waals surface area contributed by atoms with Gasteiger partial charge in [0.15, 0.2) is 0 Å². The van der Waals surface area contributed by atoms with Gasteiger partial charge in [-0.1, -0.05) is 41.4 Å². The molecular formula is C17H15Cl2N3O. The summed E-state index contributed by atoms with van der Waals surface area (Å²) in [6, 6.07) is 12.1. The highest BCUT2D eigenvalue weighted by Crippen LogP contribution is 2.25. The van der Waals surface area contributed by atoms with Crippen LogP contribution in [0.25, 0.3) is 10.9 Å². The molecule has 4 N–H and O–H groups in total. The van der Waals surface area contributed by atoms with Gasteiger partial charge in [-0.2, -0.15) is 0 Å². The lowest BCUT2D eigenvalue weighted by Crippen LogP contribution is -2.37. The molecule has 23 heavy (non-hydrogen) atoms. The smallest absolute Gasteiger partial charge is 0.241 e. The van der Waals surface area contributed by atoms with Crippen molar-refractivity contribution < 1.29 is 4.79 Å². The van der Waals surface area contributed by atoms with Gasteiger partial charge in [-0.25, -0.2) is 0 Å². The minimum atomic E-state index is -0.680. The fourth-order valence-corrected chi connectivity index (χ4v) is 2.90. The highest BCUT2D eigenvalue weighted by atomic mass is 35.5. The molecule has 1 atom stereocenters. The fraction of sp³-hybridized carbons (Fsp3) is 0.118. The van der Waals surface area contributed by atoms with Gasteiger partial charge in [-0.15, -0.1) is 0 Å². The van der Waals surface area contributed by atoms with E-state index in [2.05, 4.69) is 10.3 Å². The summed E-state index contributed by atoms with van der Waals surface area (Å²) in [4.78, 5) is 15.4. The Morgan fingerprint density at radius 3 is 2.78 bits per heavy atom. The van der Waals surface area contributed by atoms with Crippen LogP contribution in [-0.4, -0.2) is 16.9 Å². The second kappa shape index (κ2) is 6.62. The lowest BCUT2D eigenvalue weighted by Gasteiger charge is -2.13. The van der Waals surface area contributed by atoms with E-state index in [0.717, 1.165) is 16.5 Å². The van der Waals surface area contributed by atoms with E-state index in [4.69, 9.17) is 28.9 Å². The van der Waals surface area contributed by atoms with Crippen molar-refractivity contribution in [2.45, 2.75) is 12.5 Å². The Morgan fingerprint density at radius 2 is 2.00 bits per heavy atom. The normalized spacial score (nSPS) is 12.3. The molecule has 0 aliphatic heterocycles. The molecule has 1 amide bonds. The average Bonchev–Trinajstić information content (AvgIpc) is 2.93. The summed E-state index contributed by atoms with van der Waals surface area (Å²) in [6.07, 6.45) is 2.31. The Hall–Kier alpha value is -2.01. The molecule has 1 aromatic heterocycles. The number of aromatic nitrogens is 1. The van der Waals surface area contributed by atoms with Crippen LogP contribution in [0.15, 0.2) is 48.7 Å². The van der Waals surface area contributed by atoms with Crippen LogP contribution in [0.2, 0.25) is 10.0 Å². The summed E-state index contributed by atoms with van der Waals surface area (Å²) in [5, 5.41) is 4.69. The molecule has 3 aromatic rings. The van der Waals surface area contributed by atoms with Crippen LogP contribution in [0.1, 0.15) is 5.56 Å². The van der Waals surface area contributed by atoms with E-state index < -0.39 is 6.04 Å². The number of halogens is 2. The maximum absolute atomic E-state index is 12.3. The van der Waals surface area contributed by atoms with Crippen molar-refractivity contribution in [1.82, 2.24) is 4.98 Å². The highest BCUT2D eigenvalue weighted by Gasteiger charge is 2.17. The number of rotatable bonds is 4. The van der Waals surface area contributed by atoms with Crippen LogP contribution < -0.4 is 11.1 Å². The number of carbonyl (C=O) groups excluding carboxylic acids is 1. The van der Waals surface area contributed by atoms with Crippen molar-refractivity contribution >= 4 is 45.7 Å². The van der Waals surface area contributed by atoms with Gasteiger partial charge in [0.05, 0.1) is 16.8 Å². The molecule has 4 nitrogen and oxygen atoms in total. The third-order valence-electron chi connectivity index (χ3n) is 3.64. The average molecular weight is 348 g/mol. The minimum Gasteiger partial charge on any atom is -0.361 e. The van der Waals surface area contributed by atoms with Gasteiger partial charge >= 0.3 is 0 Å². The Bertz CT molecular complexity index is 860. The van der Waals surface area contributed by atoms with Crippen LogP contribution in [-0.2, 0) is 11.2 Å². The number of para-hydroxylation sites is 1. The van der Waals surface area contributed by atoms with Gasteiger partial charge < -0.3 is 16.0 Å². The number of aromatic amines is 1. The van der Waals surface area contributed by atoms with Crippen molar-refractivity contribution in [2.24, 2.45) is 5.73 Å². The van der Waals surface area contributed by atoms with Crippen LogP contribution >= 0.6 is 23.2 Å². The molecule has 0 saturated carbocycles. The van der Waals surface area contributed by atoms with Crippen LogP contribution in [0.5, 0.6) is 0 Å². The van der Waals surface area contributed by atoms with Crippen molar-refractivity contribution in [1.29, 1.82) is 0 Å². The molecule has 2 aromatic carbocycles. The van der Waals surface area contributed by atoms with Crippen LogP contribution in [0, 0.1) is 0 Å². The number of hydrogen-bond donors (Lipinski definition) is 3. The van der Waals surface area contributed by atoms with Crippen molar-refractivity contribution in [3.63, 3.8) is 0 Å². The molecule has 0 aliphatic rings. The molecule has 0 spiro atoms. The highest BCUT2D eigenvalue weighted by molar-refractivity contribution is 6.36. The largest absolute Gasteiger partial charge is 0.361 e. The number of H-pyrrole nitrogens is 1. The Balaban J connectivity index is 1.72. The molecule has 0 bridgehead atoms. The number of benzene rings is 2. The zero-order chi connectivity index (χ0) is 16.4. The predicted molar refractivity (Wildman–Crippen MR) is 95.1 cm³/mol. The Morgan fingerprint density at radius 1 is 1.22 bits per heavy atom. The SMILES string of the molecule is NC(Cc1c[nH]c2ccccc12)C(=O)Nc1ccc(Cl)cc1Cl. The van der Waals surface area contributed by atoms with E-state index in [1.807, 2.05) is 30.5 Å². The van der Waals surface area contributed by atoms with E-state index in [1.165, 1.54) is 0 Å². The first-order chi connectivity index (χ1) is 11.0. The third-order valence-corrected chi connectivity index (χ3v) is 4.19. The monoisotopic (exact) mass is 347 g/mol. The number of carbonyl (C=O) groups is 1. The number of nitrogens with one attached hydrogen (secondary N) is 2. The van der Waals surface area contributed by atoms with Gasteiger partial charge in [0.2, 0.25) is 5.91 Å². The zero-order valence-corrected chi connectivity index (χ0v) is 13.7. The first-order valence-corrected chi connectivity index (χ1v) is 7.86. The van der Waals surface area contributed by atoms with Gasteiger partial charge in [0.1, 0.15) is 0 Å². The van der Waals surface area contributed by atoms with E-state index in [1.54, 1.807) is 18.2 Å². The minimum absolute atomic E-state index is 0.292. The molecule has 6 heteroatoms. The lowest BCUT2D eigenvalue weighted by molar-refractivity contribution is -0.117. The molecule has 0 radical (unpaired) electrons. The summed E-state index contributed by atoms with van der Waals surface area (Å²) < 4.78 is 0. The molecule has 3 rings (SSSR count). The van der Waals surface area contributed by atoms with Gasteiger partial charge in [0.25, 0.3) is 0 Å². The van der Waals surface area contributed by atoms with Crippen LogP contribution in [0.3, 0.4) is 0 Å². The zero-order valence-electron chi connectivity index (χ0n) is 12.1. The summed E-state index contributed by atoms with van der Waals surface area (Å²) in [5.74, 6) is -0.292. The first kappa shape index (κ1) is 15.9. The Kier molecular flexibility index (Phi) is 4.57. The van der Waals surface area contributed by atoms with Crippen molar-refractivity contribution in [3.05, 3.63) is 64.3 Å². The van der Waals surface area contributed by atoms with E-state index in [9.17, 15) is 4.79 Å². The fourth-order valence-electron chi connectivity index (χ4n) is 2.45. The second-order valence-electron chi connectivity index (χ2n) is 5.28. The number of amides is 1. The molecule has 0 saturated heterocycles. The topological polar surface area (TPSA) is 70.9 Å². The van der Waals surface area contributed by atoms with Crippen molar-refractivity contribution in [3.8, 4) is 0 Å². The maximum Gasteiger partial charge on any atom is 0.241 e. The maximum atomic E-state index is 12.3. The molecule has 0 fully saturated rings. The Labute approximate surface area is 143 Å². The van der Waals surface area contributed by atoms with Gasteiger partial charge in [-0.05, 0) is 36.2 Å². The summed E-state index contributed by atoms with van der Waals surface area (Å²) in [5.41, 5.74) is 8.56. The predicted octanol–water partition coefficient (Wildman–Crippen LogP) is 3.98. The van der Waals surface area contributed by atoms with E-state index in [0.29, 0.717) is 22.2 Å². The van der Waals surface area contributed by atoms with Crippen molar-refractivity contribution in [2.75, 3.05) is 5.32 Å². The summed E-state index contributed by atoms with van der Waals surface area (Å²) >= 11 is 11.9. The molecule has 118 valence electrons. The lowest BCUT2D eigenvalue weighted by atomic mass is 10.0. The molecule has 0 aliphatic carbocycles. The number of fused-ring (bicyclic) bond motifs is 1. The van der Waals surface area contributed by atoms with Gasteiger partial charge in [0, 0.05) is 22.1 Å². The number of anilines is 1. The molecule has 1 unspecified atom stereocenters. The molecule has 1 heterocycles. The standard InChI is InChI=1S/C17H15Cl2N3O/c18-11-5-6-16(13(19)8-11)22-17(23)14(20)7-10-9-21-15-4-2-1-3-12(10)15/h1-6,8-9,14,21H,7,20H2,(H,22,23). The quantitative estimate of drug-likeness (QED) is 0.667. The molecular weight excluding hydrogens is 333 g/mol. The summed E-state index contributed by atoms with van der Waals surface area (Å²) in [6.45, 7) is 0. The van der Waals surface area contributed by atoms with E-state index in [-0.39, 0.29) is 5.91 Å². The number of hydrogen-bond acceptors (Lipinski definition) is 2. The summed E-state index contributed by atoms with van der Waals surface area (Å²) in [7, 11) is 0. The first-order valence-electron chi connectivity index (χ1n) is 7.11. The third kappa shape index (κ3) is 3.50. The number of nitrogens with two attached hydrogens (primary N) is 1. The van der Waals surface area contributed by atoms with E-state index >= 15 is 0 Å². The van der Waals surface area contributed by atoms with Crippen LogP contribution in [0.4, 0.5) is 5.69 Å². The van der Waals surface area contributed by atoms with Gasteiger partial charge in [-0.3, -0.25) is 4.79 Å².